The summed E-state index contributed by atoms with van der Waals surface area (Å²) in [5.41, 5.74) is 5.54. The standard InChI is InChI=1S/C21H33N3O5S.C16H14N2O3S.C5H12N2O2/c1-2-3-14-24-18(25)11-9-7-5-4-6-8-10-16-15-21(16,22-20(24)27)19(26)23-30(28,29)17-12-13-17;1-21-13-5-4-9-12(19)6-10(17-14(9)15(13)20)16-18-11(7-22-16)8-2-3-8;1-7(5(6)8)3-4-9-2/h8,10,16-17H,2-7,9,11-15H2,1H3,(H,22,27)(H,23,26);4-8,20H,2-3H2,1H3,(H,17,19);3-4H2,1-2H3,(H2,6,8)/b10-8-;;. The van der Waals surface area contributed by atoms with Crippen molar-refractivity contribution in [2.75, 3.05) is 41.0 Å². The molecule has 2 aromatic heterocycles. The van der Waals surface area contributed by atoms with Crippen LogP contribution in [0.3, 0.4) is 0 Å². The molecule has 6 N–H and O–H groups in total. The molecule has 3 saturated carbocycles. The number of aromatic hydroxyl groups is 1. The number of pyridine rings is 1. The number of primary amides is 1. The van der Waals surface area contributed by atoms with Crippen molar-refractivity contribution in [3.63, 3.8) is 0 Å². The fourth-order valence-electron chi connectivity index (χ4n) is 6.74. The Morgan fingerprint density at radius 3 is 2.51 bits per heavy atom. The lowest BCUT2D eigenvalue weighted by atomic mass is 10.1. The SMILES string of the molecule is CCCCN1C(=O)CCCCCC/C=C\C2CC2(C(=O)NS(=O)(=O)C2CC2)NC1=O.COCCN(C)C(N)=O.COc1ccc2c(=O)cc(-c3nc(C4CC4)cs3)[nH]c2c1O. The maximum atomic E-state index is 13.0. The number of phenols is 1. The molecule has 0 bridgehead atoms. The van der Waals surface area contributed by atoms with Gasteiger partial charge in [0.25, 0.3) is 5.91 Å². The van der Waals surface area contributed by atoms with Crippen LogP contribution in [0.2, 0.25) is 0 Å². The summed E-state index contributed by atoms with van der Waals surface area (Å²) >= 11 is 1.51. The zero-order valence-electron chi connectivity index (χ0n) is 35.4. The minimum Gasteiger partial charge on any atom is -0.503 e. The molecule has 3 aromatic rings. The van der Waals surface area contributed by atoms with Gasteiger partial charge in [0.15, 0.2) is 16.9 Å². The van der Waals surface area contributed by atoms with Crippen molar-refractivity contribution in [2.24, 2.45) is 11.7 Å². The highest BCUT2D eigenvalue weighted by atomic mass is 32.2. The zero-order chi connectivity index (χ0) is 44.3. The van der Waals surface area contributed by atoms with Crippen molar-refractivity contribution >= 4 is 56.1 Å². The predicted molar refractivity (Wildman–Crippen MR) is 233 cm³/mol. The third kappa shape index (κ3) is 12.5. The van der Waals surface area contributed by atoms with Gasteiger partial charge in [-0.1, -0.05) is 38.3 Å². The van der Waals surface area contributed by atoms with Crippen molar-refractivity contribution in [1.29, 1.82) is 0 Å². The van der Waals surface area contributed by atoms with Gasteiger partial charge in [-0.2, -0.15) is 0 Å². The van der Waals surface area contributed by atoms with Crippen LogP contribution >= 0.6 is 11.3 Å². The second kappa shape index (κ2) is 21.2. The highest BCUT2D eigenvalue weighted by molar-refractivity contribution is 7.91. The van der Waals surface area contributed by atoms with Crippen LogP contribution in [0.25, 0.3) is 21.6 Å². The number of nitrogens with two attached hydrogens (primary N) is 1. The number of nitrogens with one attached hydrogen (secondary N) is 3. The zero-order valence-corrected chi connectivity index (χ0v) is 37.0. The normalized spacial score (nSPS) is 21.0. The number of urea groups is 2. The number of aromatic amines is 1. The van der Waals surface area contributed by atoms with Crippen LogP contribution in [0.5, 0.6) is 11.5 Å². The van der Waals surface area contributed by atoms with Crippen LogP contribution in [0.15, 0.2) is 40.5 Å². The maximum absolute atomic E-state index is 13.0. The van der Waals surface area contributed by atoms with Gasteiger partial charge in [0.2, 0.25) is 15.9 Å². The maximum Gasteiger partial charge on any atom is 0.324 e. The predicted octanol–water partition coefficient (Wildman–Crippen LogP) is 5.49. The van der Waals surface area contributed by atoms with Crippen molar-refractivity contribution in [3.8, 4) is 22.2 Å². The van der Waals surface area contributed by atoms with Gasteiger partial charge in [-0.25, -0.2) is 23.0 Å². The number of methoxy groups -OCH3 is 2. The molecule has 1 aliphatic heterocycles. The fraction of sp³-hybridized carbons (Fsp3) is 0.571. The van der Waals surface area contributed by atoms with Crippen LogP contribution in [-0.2, 0) is 24.3 Å². The summed E-state index contributed by atoms with van der Waals surface area (Å²) in [6, 6.07) is 3.73. The highest BCUT2D eigenvalue weighted by Gasteiger charge is 2.61. The molecule has 3 aliphatic carbocycles. The first-order chi connectivity index (χ1) is 29.1. The lowest BCUT2D eigenvalue weighted by molar-refractivity contribution is -0.129. The van der Waals surface area contributed by atoms with E-state index in [-0.39, 0.29) is 23.0 Å². The molecule has 4 aliphatic rings. The Kier molecular flexibility index (Phi) is 16.3. The smallest absolute Gasteiger partial charge is 0.324 e. The van der Waals surface area contributed by atoms with Gasteiger partial charge in [0.05, 0.1) is 35.9 Å². The number of H-pyrrole nitrogens is 1. The minimum absolute atomic E-state index is 0.0575. The Morgan fingerprint density at radius 2 is 1.85 bits per heavy atom. The van der Waals surface area contributed by atoms with Gasteiger partial charge < -0.3 is 35.5 Å². The van der Waals surface area contributed by atoms with Crippen LogP contribution in [0.4, 0.5) is 9.59 Å². The highest BCUT2D eigenvalue weighted by Crippen LogP contribution is 2.46. The second-order valence-corrected chi connectivity index (χ2v) is 18.7. The fourth-order valence-corrected chi connectivity index (χ4v) is 8.98. The number of sulfonamides is 1. The Bertz CT molecular complexity index is 2240. The van der Waals surface area contributed by atoms with E-state index in [0.29, 0.717) is 80.1 Å². The minimum atomic E-state index is -3.72. The summed E-state index contributed by atoms with van der Waals surface area (Å²) < 4.78 is 36.5. The second-order valence-electron chi connectivity index (χ2n) is 15.9. The van der Waals surface area contributed by atoms with E-state index in [1.165, 1.54) is 47.2 Å². The van der Waals surface area contributed by atoms with Crippen LogP contribution in [0, 0.1) is 5.92 Å². The molecule has 0 saturated heterocycles. The molecule has 17 nitrogen and oxygen atoms in total. The molecular formula is C42H59N7O10S2. The molecule has 334 valence electrons. The molecule has 2 atom stereocenters. The first kappa shape index (κ1) is 47.0. The monoisotopic (exact) mass is 885 g/mol. The molecule has 3 fully saturated rings. The summed E-state index contributed by atoms with van der Waals surface area (Å²) in [4.78, 5) is 71.5. The number of hydrogen-bond acceptors (Lipinski definition) is 12. The van der Waals surface area contributed by atoms with Gasteiger partial charge in [-0.3, -0.25) is 24.0 Å². The Morgan fingerprint density at radius 1 is 1.11 bits per heavy atom. The molecular weight excluding hydrogens is 827 g/mol. The van der Waals surface area contributed by atoms with E-state index < -0.39 is 38.8 Å². The Balaban J connectivity index is 0.000000198. The Hall–Kier alpha value is -5.01. The van der Waals surface area contributed by atoms with Gasteiger partial charge in [0.1, 0.15) is 10.5 Å². The van der Waals surface area contributed by atoms with Crippen LogP contribution in [-0.4, -0.2) is 109 Å². The van der Waals surface area contributed by atoms with E-state index >= 15 is 0 Å². The number of unbranched alkanes of at least 4 members (excludes halogenated alkanes) is 1. The summed E-state index contributed by atoms with van der Waals surface area (Å²) in [5.74, 6) is -0.372. The molecule has 1 aromatic carbocycles. The average molecular weight is 886 g/mol. The molecule has 0 spiro atoms. The molecule has 19 heteroatoms. The van der Waals surface area contributed by atoms with Gasteiger partial charge in [-0.05, 0) is 69.9 Å². The molecule has 6 amide bonds. The molecule has 0 radical (unpaired) electrons. The summed E-state index contributed by atoms with van der Waals surface area (Å²) in [6.07, 6.45) is 14.0. The number of aromatic nitrogens is 2. The van der Waals surface area contributed by atoms with Crippen molar-refractivity contribution in [3.05, 3.63) is 51.6 Å². The van der Waals surface area contributed by atoms with E-state index in [1.807, 2.05) is 24.5 Å². The van der Waals surface area contributed by atoms with Crippen LogP contribution < -0.4 is 25.9 Å². The summed E-state index contributed by atoms with van der Waals surface area (Å²) in [7, 11) is 0.963. The average Bonchev–Trinajstić information content (AvgIpc) is 4.15. The van der Waals surface area contributed by atoms with Crippen molar-refractivity contribution in [2.45, 2.75) is 107 Å². The number of thiazole rings is 1. The molecule has 3 heterocycles. The van der Waals surface area contributed by atoms with Crippen molar-refractivity contribution < 1.29 is 42.2 Å². The van der Waals surface area contributed by atoms with E-state index in [0.717, 1.165) is 49.2 Å². The van der Waals surface area contributed by atoms with Crippen LogP contribution in [0.1, 0.15) is 102 Å². The number of carbonyl (C=O) groups is 4. The first-order valence-electron chi connectivity index (χ1n) is 20.9. The van der Waals surface area contributed by atoms with Gasteiger partial charge in [-0.15, -0.1) is 11.3 Å². The van der Waals surface area contributed by atoms with E-state index in [2.05, 4.69) is 20.0 Å². The van der Waals surface area contributed by atoms with E-state index in [1.54, 1.807) is 26.3 Å². The van der Waals surface area contributed by atoms with Gasteiger partial charge >= 0.3 is 12.1 Å². The number of amides is 6. The van der Waals surface area contributed by atoms with E-state index in [4.69, 9.17) is 15.2 Å². The van der Waals surface area contributed by atoms with Gasteiger partial charge in [0, 0.05) is 62.3 Å². The number of fused-ring (bicyclic) bond motifs is 2. The quantitative estimate of drug-likeness (QED) is 0.142. The number of hydrogen-bond donors (Lipinski definition) is 5. The number of allylic oxidation sites excluding steroid dienone is 1. The number of likely N-dealkylation sites (N-methyl/N-ethyl adjacent to an activating group) is 1. The largest absolute Gasteiger partial charge is 0.503 e. The topological polar surface area (TPSA) is 243 Å². The first-order valence-corrected chi connectivity index (χ1v) is 23.3. The van der Waals surface area contributed by atoms with E-state index in [9.17, 15) is 37.5 Å². The molecule has 61 heavy (non-hydrogen) atoms. The molecule has 7 rings (SSSR count). The number of phenolic OH excluding ortho intramolecular Hbond substituents is 1. The number of carbonyl (C=O) groups excluding carboxylic acids is 4. The lowest BCUT2D eigenvalue weighted by Gasteiger charge is -2.25. The summed E-state index contributed by atoms with van der Waals surface area (Å²) in [6.45, 7) is 3.34. The number of imide groups is 1. The number of benzene rings is 1. The number of ether oxygens (including phenoxy) is 2. The number of nitrogens with zero attached hydrogens (tertiary/aromatic N) is 3. The lowest BCUT2D eigenvalue weighted by Crippen LogP contribution is -2.56. The third-order valence-electron chi connectivity index (χ3n) is 11.0. The van der Waals surface area contributed by atoms with Crippen molar-refractivity contribution in [1.82, 2.24) is 29.8 Å². The summed E-state index contributed by atoms with van der Waals surface area (Å²) in [5, 5.41) is 15.7. The number of rotatable bonds is 12. The Labute approximate surface area is 360 Å². The third-order valence-corrected chi connectivity index (χ3v) is 13.7. The molecule has 2 unspecified atom stereocenters.